The Labute approximate surface area is 150 Å². The number of fused-ring (bicyclic) bond motifs is 2. The monoisotopic (exact) mass is 388 g/mol. The van der Waals surface area contributed by atoms with Crippen LogP contribution in [0.4, 0.5) is 0 Å². The van der Waals surface area contributed by atoms with Crippen molar-refractivity contribution in [1.29, 1.82) is 0 Å². The number of rotatable bonds is 0. The lowest BCUT2D eigenvalue weighted by molar-refractivity contribution is 0.780. The van der Waals surface area contributed by atoms with Crippen LogP contribution in [0.25, 0.3) is 21.8 Å². The number of halogens is 4. The molecule has 0 aliphatic heterocycles. The van der Waals surface area contributed by atoms with Crippen molar-refractivity contribution in [3.05, 3.63) is 45.1 Å². The molecule has 4 heterocycles. The Morgan fingerprint density at radius 3 is 2.35 bits per heavy atom. The summed E-state index contributed by atoms with van der Waals surface area (Å²) in [6.07, 6.45) is 3.42. The van der Waals surface area contributed by atoms with Crippen LogP contribution >= 0.6 is 46.4 Å². The van der Waals surface area contributed by atoms with Crippen LogP contribution in [0.1, 0.15) is 0 Å². The summed E-state index contributed by atoms with van der Waals surface area (Å²) in [5.74, 6) is 0. The SMILES string of the molecule is Clc1cc2[nH]ncc2c(Cl)n1.Cn1cc2c(Cl)nc(Cl)cc2n1. The van der Waals surface area contributed by atoms with Gasteiger partial charge in [0.2, 0.25) is 0 Å². The number of pyridine rings is 2. The molecule has 1 N–H and O–H groups in total. The second-order valence-corrected chi connectivity index (χ2v) is 6.03. The third-order valence-corrected chi connectivity index (χ3v) is 3.86. The lowest BCUT2D eigenvalue weighted by atomic mass is 10.3. The second-order valence-electron chi connectivity index (χ2n) is 4.54. The largest absolute Gasteiger partial charge is 0.278 e. The number of nitrogens with zero attached hydrogens (tertiary/aromatic N) is 5. The fraction of sp³-hybridized carbons (Fsp3) is 0.0769. The first-order valence-electron chi connectivity index (χ1n) is 6.24. The van der Waals surface area contributed by atoms with E-state index in [-0.39, 0.29) is 0 Å². The van der Waals surface area contributed by atoms with Gasteiger partial charge in [-0.05, 0) is 0 Å². The summed E-state index contributed by atoms with van der Waals surface area (Å²) < 4.78 is 1.68. The van der Waals surface area contributed by atoms with E-state index in [0.29, 0.717) is 20.6 Å². The fourth-order valence-corrected chi connectivity index (χ4v) is 2.89. The third kappa shape index (κ3) is 3.50. The van der Waals surface area contributed by atoms with Gasteiger partial charge in [-0.2, -0.15) is 10.2 Å². The van der Waals surface area contributed by atoms with Crippen molar-refractivity contribution in [2.45, 2.75) is 0 Å². The Balaban J connectivity index is 0.000000136. The van der Waals surface area contributed by atoms with Crippen molar-refractivity contribution in [2.75, 3.05) is 0 Å². The highest BCUT2D eigenvalue weighted by molar-refractivity contribution is 6.36. The van der Waals surface area contributed by atoms with Gasteiger partial charge in [0, 0.05) is 25.4 Å². The molecule has 0 aliphatic carbocycles. The number of aromatic nitrogens is 6. The molecular formula is C13H8Cl4N6. The van der Waals surface area contributed by atoms with Gasteiger partial charge in [-0.25, -0.2) is 9.97 Å². The van der Waals surface area contributed by atoms with E-state index in [1.807, 2.05) is 7.05 Å². The number of nitrogens with one attached hydrogen (secondary N) is 1. The number of hydrogen-bond donors (Lipinski definition) is 1. The minimum Gasteiger partial charge on any atom is -0.278 e. The Morgan fingerprint density at radius 1 is 0.957 bits per heavy atom. The average Bonchev–Trinajstić information content (AvgIpc) is 3.05. The highest BCUT2D eigenvalue weighted by atomic mass is 35.5. The number of H-pyrrole nitrogens is 1. The molecule has 0 unspecified atom stereocenters. The first-order valence-corrected chi connectivity index (χ1v) is 7.76. The summed E-state index contributed by atoms with van der Waals surface area (Å²) >= 11 is 22.9. The van der Waals surface area contributed by atoms with Gasteiger partial charge in [0.05, 0.1) is 28.0 Å². The van der Waals surface area contributed by atoms with Crippen molar-refractivity contribution in [1.82, 2.24) is 29.9 Å². The van der Waals surface area contributed by atoms with E-state index >= 15 is 0 Å². The molecule has 4 aromatic rings. The highest BCUT2D eigenvalue weighted by Gasteiger charge is 2.05. The van der Waals surface area contributed by atoms with Crippen molar-refractivity contribution < 1.29 is 0 Å². The summed E-state index contributed by atoms with van der Waals surface area (Å²) in [6, 6.07) is 3.36. The summed E-state index contributed by atoms with van der Waals surface area (Å²) in [5.41, 5.74) is 1.57. The second kappa shape index (κ2) is 6.49. The average molecular weight is 390 g/mol. The zero-order valence-electron chi connectivity index (χ0n) is 11.6. The quantitative estimate of drug-likeness (QED) is 0.448. The van der Waals surface area contributed by atoms with Gasteiger partial charge in [0.15, 0.2) is 0 Å². The van der Waals surface area contributed by atoms with Crippen molar-refractivity contribution >= 4 is 68.2 Å². The number of hydrogen-bond acceptors (Lipinski definition) is 4. The molecule has 0 atom stereocenters. The summed E-state index contributed by atoms with van der Waals surface area (Å²) in [5, 5.41) is 13.8. The van der Waals surface area contributed by atoms with Crippen molar-refractivity contribution in [2.24, 2.45) is 7.05 Å². The number of aromatic amines is 1. The van der Waals surface area contributed by atoms with Gasteiger partial charge in [-0.1, -0.05) is 46.4 Å². The van der Waals surface area contributed by atoms with Gasteiger partial charge in [0.1, 0.15) is 20.6 Å². The van der Waals surface area contributed by atoms with Crippen LogP contribution in [0.5, 0.6) is 0 Å². The van der Waals surface area contributed by atoms with Crippen LogP contribution in [0.2, 0.25) is 20.6 Å². The van der Waals surface area contributed by atoms with E-state index in [2.05, 4.69) is 25.3 Å². The molecule has 6 nitrogen and oxygen atoms in total. The van der Waals surface area contributed by atoms with Gasteiger partial charge in [-0.15, -0.1) is 0 Å². The molecule has 0 bridgehead atoms. The van der Waals surface area contributed by atoms with E-state index in [0.717, 1.165) is 21.8 Å². The Kier molecular flexibility index (Phi) is 4.59. The predicted octanol–water partition coefficient (Wildman–Crippen LogP) is 4.54. The zero-order chi connectivity index (χ0) is 16.6. The maximum Gasteiger partial charge on any atom is 0.141 e. The van der Waals surface area contributed by atoms with E-state index in [1.165, 1.54) is 0 Å². The van der Waals surface area contributed by atoms with Crippen LogP contribution in [0.3, 0.4) is 0 Å². The van der Waals surface area contributed by atoms with E-state index in [4.69, 9.17) is 46.4 Å². The molecule has 0 saturated carbocycles. The lowest BCUT2D eigenvalue weighted by Gasteiger charge is -1.91. The van der Waals surface area contributed by atoms with Gasteiger partial charge >= 0.3 is 0 Å². The third-order valence-electron chi connectivity index (χ3n) is 2.90. The molecule has 10 heteroatoms. The van der Waals surface area contributed by atoms with Crippen molar-refractivity contribution in [3.8, 4) is 0 Å². The molecular weight excluding hydrogens is 382 g/mol. The molecule has 0 aromatic carbocycles. The Morgan fingerprint density at radius 2 is 1.61 bits per heavy atom. The van der Waals surface area contributed by atoms with Gasteiger partial charge in [-0.3, -0.25) is 9.78 Å². The summed E-state index contributed by atoms with van der Waals surface area (Å²) in [4.78, 5) is 7.74. The van der Waals surface area contributed by atoms with Crippen LogP contribution in [0.15, 0.2) is 24.5 Å². The smallest absolute Gasteiger partial charge is 0.141 e. The molecule has 0 amide bonds. The molecule has 0 aliphatic rings. The van der Waals surface area contributed by atoms with Gasteiger partial charge in [0.25, 0.3) is 0 Å². The number of aryl methyl sites for hydroxylation is 1. The first kappa shape index (κ1) is 16.3. The van der Waals surface area contributed by atoms with Crippen LogP contribution < -0.4 is 0 Å². The summed E-state index contributed by atoms with van der Waals surface area (Å²) in [6.45, 7) is 0. The fourth-order valence-electron chi connectivity index (χ4n) is 1.95. The molecule has 0 spiro atoms. The maximum atomic E-state index is 5.83. The predicted molar refractivity (Wildman–Crippen MR) is 92.4 cm³/mol. The highest BCUT2D eigenvalue weighted by Crippen LogP contribution is 2.23. The first-order chi connectivity index (χ1) is 10.9. The minimum absolute atomic E-state index is 0.367. The molecule has 4 aromatic heterocycles. The molecule has 0 fully saturated rings. The minimum atomic E-state index is 0.367. The molecule has 0 radical (unpaired) electrons. The molecule has 0 saturated heterocycles. The van der Waals surface area contributed by atoms with Crippen LogP contribution in [0, 0.1) is 0 Å². The van der Waals surface area contributed by atoms with Crippen LogP contribution in [-0.4, -0.2) is 29.9 Å². The van der Waals surface area contributed by atoms with Gasteiger partial charge < -0.3 is 0 Å². The zero-order valence-corrected chi connectivity index (χ0v) is 14.6. The molecule has 4 rings (SSSR count). The van der Waals surface area contributed by atoms with Crippen LogP contribution in [-0.2, 0) is 7.05 Å². The molecule has 23 heavy (non-hydrogen) atoms. The Bertz CT molecular complexity index is 993. The van der Waals surface area contributed by atoms with E-state index < -0.39 is 0 Å². The lowest BCUT2D eigenvalue weighted by Crippen LogP contribution is -1.84. The maximum absolute atomic E-state index is 5.83. The van der Waals surface area contributed by atoms with E-state index in [1.54, 1.807) is 29.2 Å². The summed E-state index contributed by atoms with van der Waals surface area (Å²) in [7, 11) is 1.82. The normalized spacial score (nSPS) is 10.8. The van der Waals surface area contributed by atoms with E-state index in [9.17, 15) is 0 Å². The van der Waals surface area contributed by atoms with Crippen molar-refractivity contribution in [3.63, 3.8) is 0 Å². The Hall–Kier alpha value is -1.60. The standard InChI is InChI=1S/C7H5Cl2N3.C6H3Cl2N3/c1-12-3-4-5(11-12)2-6(8)10-7(4)9;7-5-1-4-3(2-9-11-4)6(8)10-5/h2-3H,1H3;1-2H,(H,9,11). The molecule has 118 valence electrons. The topological polar surface area (TPSA) is 72.3 Å².